The molecule has 1 heterocycles. The summed E-state index contributed by atoms with van der Waals surface area (Å²) in [4.78, 5) is 5.08. The number of likely N-dealkylation sites (N-methyl/N-ethyl adjacent to an activating group) is 1. The molecule has 0 aromatic rings. The van der Waals surface area contributed by atoms with Gasteiger partial charge in [0.15, 0.2) is 0 Å². The van der Waals surface area contributed by atoms with Crippen LogP contribution >= 0.6 is 0 Å². The first-order valence-electron chi connectivity index (χ1n) is 7.98. The lowest BCUT2D eigenvalue weighted by atomic mass is 10.1. The number of aliphatic hydroxyl groups is 1. The Kier molecular flexibility index (Phi) is 8.62. The van der Waals surface area contributed by atoms with Crippen molar-refractivity contribution >= 4 is 0 Å². The lowest BCUT2D eigenvalue weighted by Crippen LogP contribution is -2.47. The van der Waals surface area contributed by atoms with Gasteiger partial charge in [0.1, 0.15) is 0 Å². The minimum Gasteiger partial charge on any atom is -0.396 e. The fourth-order valence-corrected chi connectivity index (χ4v) is 2.97. The summed E-state index contributed by atoms with van der Waals surface area (Å²) in [6, 6.07) is 1.10. The van der Waals surface area contributed by atoms with E-state index in [4.69, 9.17) is 0 Å². The Bertz CT molecular complexity index is 225. The van der Waals surface area contributed by atoms with E-state index >= 15 is 0 Å². The van der Waals surface area contributed by atoms with Gasteiger partial charge in [-0.2, -0.15) is 0 Å². The van der Waals surface area contributed by atoms with Gasteiger partial charge < -0.3 is 15.3 Å². The maximum atomic E-state index is 9.22. The molecule has 2 unspecified atom stereocenters. The molecule has 19 heavy (non-hydrogen) atoms. The van der Waals surface area contributed by atoms with Gasteiger partial charge in [0.2, 0.25) is 0 Å². The van der Waals surface area contributed by atoms with E-state index in [0.29, 0.717) is 12.1 Å². The lowest BCUT2D eigenvalue weighted by Gasteiger charge is -2.33. The third kappa shape index (κ3) is 6.21. The van der Waals surface area contributed by atoms with E-state index in [9.17, 15) is 5.11 Å². The van der Waals surface area contributed by atoms with Crippen LogP contribution in [0.3, 0.4) is 0 Å². The van der Waals surface area contributed by atoms with E-state index in [1.807, 2.05) is 0 Å². The molecular weight excluding hydrogens is 238 g/mol. The van der Waals surface area contributed by atoms with E-state index in [1.54, 1.807) is 0 Å². The van der Waals surface area contributed by atoms with Crippen molar-refractivity contribution in [3.05, 3.63) is 0 Å². The SMILES string of the molecule is CCCNC(CCO)CN1CCCN(C)CC1CC. The summed E-state index contributed by atoms with van der Waals surface area (Å²) in [6.07, 6.45) is 4.49. The molecular formula is C15H33N3O. The molecule has 1 aliphatic rings. The number of nitrogens with zero attached hydrogens (tertiary/aromatic N) is 2. The molecule has 1 fully saturated rings. The van der Waals surface area contributed by atoms with Crippen LogP contribution in [0.1, 0.15) is 39.5 Å². The first kappa shape index (κ1) is 16.9. The molecule has 1 saturated heterocycles. The van der Waals surface area contributed by atoms with Gasteiger partial charge in [0.25, 0.3) is 0 Å². The largest absolute Gasteiger partial charge is 0.396 e. The highest BCUT2D eigenvalue weighted by molar-refractivity contribution is 4.81. The summed E-state index contributed by atoms with van der Waals surface area (Å²) >= 11 is 0. The summed E-state index contributed by atoms with van der Waals surface area (Å²) < 4.78 is 0. The van der Waals surface area contributed by atoms with Crippen LogP contribution in [0.5, 0.6) is 0 Å². The van der Waals surface area contributed by atoms with E-state index in [1.165, 1.54) is 32.5 Å². The molecule has 4 nitrogen and oxygen atoms in total. The first-order chi connectivity index (χ1) is 9.21. The van der Waals surface area contributed by atoms with Gasteiger partial charge in [0.05, 0.1) is 0 Å². The Morgan fingerprint density at radius 3 is 2.74 bits per heavy atom. The van der Waals surface area contributed by atoms with Crippen molar-refractivity contribution in [2.24, 2.45) is 0 Å². The van der Waals surface area contributed by atoms with E-state index < -0.39 is 0 Å². The van der Waals surface area contributed by atoms with Gasteiger partial charge in [-0.1, -0.05) is 13.8 Å². The Hall–Kier alpha value is -0.160. The van der Waals surface area contributed by atoms with Crippen molar-refractivity contribution in [2.75, 3.05) is 46.4 Å². The molecule has 0 aliphatic carbocycles. The van der Waals surface area contributed by atoms with E-state index in [2.05, 4.69) is 36.0 Å². The molecule has 0 aromatic carbocycles. The maximum Gasteiger partial charge on any atom is 0.0446 e. The molecule has 1 rings (SSSR count). The lowest BCUT2D eigenvalue weighted by molar-refractivity contribution is 0.154. The summed E-state index contributed by atoms with van der Waals surface area (Å²) in [6.45, 7) is 10.5. The van der Waals surface area contributed by atoms with Crippen LogP contribution in [-0.2, 0) is 0 Å². The predicted molar refractivity (Wildman–Crippen MR) is 81.6 cm³/mol. The van der Waals surface area contributed by atoms with E-state index in [0.717, 1.165) is 25.9 Å². The predicted octanol–water partition coefficient (Wildman–Crippen LogP) is 1.15. The fraction of sp³-hybridized carbons (Fsp3) is 1.00. The second-order valence-corrected chi connectivity index (χ2v) is 5.84. The Labute approximate surface area is 119 Å². The molecule has 0 spiro atoms. The normalized spacial score (nSPS) is 24.3. The van der Waals surface area contributed by atoms with Crippen molar-refractivity contribution < 1.29 is 5.11 Å². The summed E-state index contributed by atoms with van der Waals surface area (Å²) in [7, 11) is 2.23. The molecule has 0 bridgehead atoms. The zero-order valence-electron chi connectivity index (χ0n) is 13.1. The maximum absolute atomic E-state index is 9.22. The highest BCUT2D eigenvalue weighted by Crippen LogP contribution is 2.13. The van der Waals surface area contributed by atoms with Crippen LogP contribution < -0.4 is 5.32 Å². The number of rotatable bonds is 8. The van der Waals surface area contributed by atoms with Crippen LogP contribution in [0.15, 0.2) is 0 Å². The Morgan fingerprint density at radius 1 is 1.32 bits per heavy atom. The van der Waals surface area contributed by atoms with Crippen molar-refractivity contribution in [2.45, 2.75) is 51.6 Å². The molecule has 4 heteroatoms. The smallest absolute Gasteiger partial charge is 0.0446 e. The quantitative estimate of drug-likeness (QED) is 0.695. The van der Waals surface area contributed by atoms with Crippen molar-refractivity contribution in [3.63, 3.8) is 0 Å². The minimum atomic E-state index is 0.284. The number of aliphatic hydroxyl groups excluding tert-OH is 1. The average Bonchev–Trinajstić information content (AvgIpc) is 2.58. The first-order valence-corrected chi connectivity index (χ1v) is 7.98. The van der Waals surface area contributed by atoms with E-state index in [-0.39, 0.29) is 6.61 Å². The van der Waals surface area contributed by atoms with Crippen LogP contribution in [0.2, 0.25) is 0 Å². The van der Waals surface area contributed by atoms with Gasteiger partial charge in [-0.05, 0) is 52.4 Å². The van der Waals surface area contributed by atoms with Gasteiger partial charge in [-0.25, -0.2) is 0 Å². The molecule has 0 radical (unpaired) electrons. The van der Waals surface area contributed by atoms with Crippen LogP contribution in [0, 0.1) is 0 Å². The standard InChI is InChI=1S/C15H33N3O/c1-4-8-16-14(7-11-19)12-18-10-6-9-17(3)13-15(18)5-2/h14-16,19H,4-13H2,1-3H3. The van der Waals surface area contributed by atoms with Gasteiger partial charge in [-0.3, -0.25) is 4.90 Å². The second-order valence-electron chi connectivity index (χ2n) is 5.84. The molecule has 114 valence electrons. The summed E-state index contributed by atoms with van der Waals surface area (Å²) in [5, 5.41) is 12.8. The average molecular weight is 271 g/mol. The Morgan fingerprint density at radius 2 is 2.11 bits per heavy atom. The topological polar surface area (TPSA) is 38.7 Å². The summed E-state index contributed by atoms with van der Waals surface area (Å²) in [5.41, 5.74) is 0. The zero-order valence-corrected chi connectivity index (χ0v) is 13.1. The fourth-order valence-electron chi connectivity index (χ4n) is 2.97. The van der Waals surface area contributed by atoms with Crippen molar-refractivity contribution in [1.82, 2.24) is 15.1 Å². The minimum absolute atomic E-state index is 0.284. The highest BCUT2D eigenvalue weighted by Gasteiger charge is 2.24. The van der Waals surface area contributed by atoms with Crippen LogP contribution in [0.25, 0.3) is 0 Å². The van der Waals surface area contributed by atoms with Gasteiger partial charge in [0, 0.05) is 31.8 Å². The molecule has 2 atom stereocenters. The number of nitrogens with one attached hydrogen (secondary N) is 1. The van der Waals surface area contributed by atoms with Gasteiger partial charge >= 0.3 is 0 Å². The number of hydrogen-bond acceptors (Lipinski definition) is 4. The summed E-state index contributed by atoms with van der Waals surface area (Å²) in [5.74, 6) is 0. The number of hydrogen-bond donors (Lipinski definition) is 2. The zero-order chi connectivity index (χ0) is 14.1. The molecule has 2 N–H and O–H groups in total. The van der Waals surface area contributed by atoms with Crippen LogP contribution in [-0.4, -0.2) is 73.4 Å². The molecule has 0 amide bonds. The monoisotopic (exact) mass is 271 g/mol. The van der Waals surface area contributed by atoms with Crippen molar-refractivity contribution in [1.29, 1.82) is 0 Å². The van der Waals surface area contributed by atoms with Crippen molar-refractivity contribution in [3.8, 4) is 0 Å². The third-order valence-corrected chi connectivity index (χ3v) is 4.11. The molecule has 0 saturated carbocycles. The molecule has 1 aliphatic heterocycles. The van der Waals surface area contributed by atoms with Crippen LogP contribution in [0.4, 0.5) is 0 Å². The third-order valence-electron chi connectivity index (χ3n) is 4.11. The highest BCUT2D eigenvalue weighted by atomic mass is 16.3. The van der Waals surface area contributed by atoms with Gasteiger partial charge in [-0.15, -0.1) is 0 Å². The molecule has 0 aromatic heterocycles. The second kappa shape index (κ2) is 9.70. The Balaban J connectivity index is 2.52.